The fourth-order valence-corrected chi connectivity index (χ4v) is 3.73. The van der Waals surface area contributed by atoms with E-state index in [4.69, 9.17) is 19.3 Å². The Morgan fingerprint density at radius 2 is 1.67 bits per heavy atom. The number of benzene rings is 3. The van der Waals surface area contributed by atoms with E-state index in [0.717, 1.165) is 11.1 Å². The zero-order valence-electron chi connectivity index (χ0n) is 19.4. The molecule has 33 heavy (non-hydrogen) atoms. The van der Waals surface area contributed by atoms with Crippen LogP contribution < -0.4 is 19.5 Å². The molecule has 0 aliphatic carbocycles. The van der Waals surface area contributed by atoms with E-state index in [1.54, 1.807) is 14.2 Å². The monoisotopic (exact) mass is 449 g/mol. The fraction of sp³-hybridized carbons (Fsp3) is 0.296. The van der Waals surface area contributed by atoms with Gasteiger partial charge in [0.05, 0.1) is 19.8 Å². The van der Waals surface area contributed by atoms with Gasteiger partial charge in [-0.1, -0.05) is 48.5 Å². The molecule has 0 saturated heterocycles. The van der Waals surface area contributed by atoms with Crippen LogP contribution in [-0.4, -0.2) is 31.8 Å². The molecule has 0 heterocycles. The van der Waals surface area contributed by atoms with Crippen molar-refractivity contribution in [3.05, 3.63) is 77.4 Å². The molecule has 174 valence electrons. The molecular weight excluding hydrogens is 418 g/mol. The van der Waals surface area contributed by atoms with Gasteiger partial charge in [-0.15, -0.1) is 0 Å². The third-order valence-corrected chi connectivity index (χ3v) is 5.55. The number of rotatable bonds is 12. The molecule has 0 bridgehead atoms. The second kappa shape index (κ2) is 11.9. The van der Waals surface area contributed by atoms with Crippen molar-refractivity contribution < 1.29 is 24.1 Å². The van der Waals surface area contributed by atoms with Gasteiger partial charge in [0.2, 0.25) is 0 Å². The van der Waals surface area contributed by atoms with E-state index < -0.39 is 5.97 Å². The first kappa shape index (κ1) is 24.1. The number of carbonyl (C=O) groups is 1. The molecule has 0 atom stereocenters. The topological polar surface area (TPSA) is 77.0 Å². The van der Waals surface area contributed by atoms with Crippen LogP contribution in [0.5, 0.6) is 17.2 Å². The lowest BCUT2D eigenvalue weighted by Gasteiger charge is -2.17. The molecule has 6 nitrogen and oxygen atoms in total. The molecule has 0 radical (unpaired) electrons. The Bertz CT molecular complexity index is 1040. The summed E-state index contributed by atoms with van der Waals surface area (Å²) >= 11 is 0. The van der Waals surface area contributed by atoms with Gasteiger partial charge in [0, 0.05) is 25.1 Å². The van der Waals surface area contributed by atoms with Crippen molar-refractivity contribution in [2.75, 3.05) is 20.8 Å². The van der Waals surface area contributed by atoms with Gasteiger partial charge < -0.3 is 24.6 Å². The van der Waals surface area contributed by atoms with E-state index in [0.29, 0.717) is 43.4 Å². The first-order valence-electron chi connectivity index (χ1n) is 11.0. The lowest BCUT2D eigenvalue weighted by Crippen LogP contribution is -2.17. The van der Waals surface area contributed by atoms with Gasteiger partial charge in [-0.3, -0.25) is 4.79 Å². The number of hydrogen-bond acceptors (Lipinski definition) is 5. The van der Waals surface area contributed by atoms with E-state index in [1.165, 1.54) is 16.7 Å². The minimum absolute atomic E-state index is 0.138. The number of carboxylic acids is 1. The third-order valence-electron chi connectivity index (χ3n) is 5.55. The molecule has 0 spiro atoms. The molecule has 0 amide bonds. The van der Waals surface area contributed by atoms with Crippen LogP contribution in [-0.2, 0) is 17.9 Å². The quantitative estimate of drug-likeness (QED) is 0.370. The van der Waals surface area contributed by atoms with Gasteiger partial charge in [-0.25, -0.2) is 0 Å². The smallest absolute Gasteiger partial charge is 0.303 e. The molecule has 0 aromatic heterocycles. The number of carboxylic acid groups (broad SMARTS) is 1. The van der Waals surface area contributed by atoms with Gasteiger partial charge >= 0.3 is 5.97 Å². The maximum absolute atomic E-state index is 10.7. The summed E-state index contributed by atoms with van der Waals surface area (Å²) in [5.74, 6) is 1.18. The summed E-state index contributed by atoms with van der Waals surface area (Å²) in [6.45, 7) is 3.63. The van der Waals surface area contributed by atoms with Crippen molar-refractivity contribution in [3.8, 4) is 28.4 Å². The van der Waals surface area contributed by atoms with E-state index >= 15 is 0 Å². The highest BCUT2D eigenvalue weighted by Crippen LogP contribution is 2.35. The minimum atomic E-state index is -0.794. The van der Waals surface area contributed by atoms with Gasteiger partial charge in [0.1, 0.15) is 23.9 Å². The average molecular weight is 450 g/mol. The lowest BCUT2D eigenvalue weighted by molar-refractivity contribution is -0.137. The average Bonchev–Trinajstić information content (AvgIpc) is 2.83. The molecule has 0 fully saturated rings. The predicted octanol–water partition coefficient (Wildman–Crippen LogP) is 5.21. The first-order valence-corrected chi connectivity index (χ1v) is 11.0. The van der Waals surface area contributed by atoms with E-state index in [1.807, 2.05) is 36.4 Å². The van der Waals surface area contributed by atoms with Crippen LogP contribution in [0.1, 0.15) is 29.5 Å². The predicted molar refractivity (Wildman–Crippen MR) is 129 cm³/mol. The van der Waals surface area contributed by atoms with Crippen molar-refractivity contribution >= 4 is 5.97 Å². The summed E-state index contributed by atoms with van der Waals surface area (Å²) in [6.07, 6.45) is 0.696. The molecule has 2 N–H and O–H groups in total. The third kappa shape index (κ3) is 6.49. The molecule has 6 heteroatoms. The number of methoxy groups -OCH3 is 2. The zero-order chi connectivity index (χ0) is 23.6. The summed E-state index contributed by atoms with van der Waals surface area (Å²) in [4.78, 5) is 10.7. The van der Waals surface area contributed by atoms with Gasteiger partial charge in [-0.2, -0.15) is 0 Å². The highest BCUT2D eigenvalue weighted by molar-refractivity contribution is 5.68. The van der Waals surface area contributed by atoms with Gasteiger partial charge in [0.15, 0.2) is 0 Å². The van der Waals surface area contributed by atoms with Crippen molar-refractivity contribution in [1.82, 2.24) is 5.32 Å². The first-order chi connectivity index (χ1) is 16.0. The molecule has 3 aromatic rings. The second-order valence-corrected chi connectivity index (χ2v) is 7.72. The van der Waals surface area contributed by atoms with Gasteiger partial charge in [0.25, 0.3) is 0 Å². The van der Waals surface area contributed by atoms with Crippen LogP contribution in [0.25, 0.3) is 11.1 Å². The number of ether oxygens (including phenoxy) is 3. The maximum atomic E-state index is 10.7. The standard InChI is InChI=1S/C27H31NO5/c1-19-21(11-7-12-23(19)20-9-5-4-6-10-20)18-33-22-15-25(31-2)24(26(16-22)32-3)17-28-14-8-13-27(29)30/h4-7,9-12,15-16,28H,8,13-14,17-18H2,1-3H3,(H,29,30). The Morgan fingerprint density at radius 3 is 2.30 bits per heavy atom. The molecule has 0 unspecified atom stereocenters. The van der Waals surface area contributed by atoms with Crippen LogP contribution >= 0.6 is 0 Å². The Balaban J connectivity index is 1.72. The van der Waals surface area contributed by atoms with Crippen molar-refractivity contribution in [2.24, 2.45) is 0 Å². The molecule has 0 saturated carbocycles. The zero-order valence-corrected chi connectivity index (χ0v) is 19.4. The Kier molecular flexibility index (Phi) is 8.72. The molecule has 3 aromatic carbocycles. The highest BCUT2D eigenvalue weighted by Gasteiger charge is 2.14. The molecular formula is C27H31NO5. The van der Waals surface area contributed by atoms with Crippen molar-refractivity contribution in [3.63, 3.8) is 0 Å². The van der Waals surface area contributed by atoms with Crippen LogP contribution in [0.15, 0.2) is 60.7 Å². The van der Waals surface area contributed by atoms with Crippen LogP contribution in [0, 0.1) is 6.92 Å². The fourth-order valence-electron chi connectivity index (χ4n) is 3.73. The molecule has 0 aliphatic rings. The normalized spacial score (nSPS) is 10.6. The Morgan fingerprint density at radius 1 is 0.970 bits per heavy atom. The van der Waals surface area contributed by atoms with Crippen molar-refractivity contribution in [2.45, 2.75) is 32.9 Å². The highest BCUT2D eigenvalue weighted by atomic mass is 16.5. The number of nitrogens with one attached hydrogen (secondary N) is 1. The van der Waals surface area contributed by atoms with E-state index in [2.05, 4.69) is 36.5 Å². The summed E-state index contributed by atoms with van der Waals surface area (Å²) in [5, 5.41) is 12.0. The van der Waals surface area contributed by atoms with E-state index in [9.17, 15) is 4.79 Å². The summed E-state index contributed by atoms with van der Waals surface area (Å²) in [5.41, 5.74) is 5.53. The largest absolute Gasteiger partial charge is 0.496 e. The van der Waals surface area contributed by atoms with E-state index in [-0.39, 0.29) is 6.42 Å². The minimum Gasteiger partial charge on any atom is -0.496 e. The number of aliphatic carboxylic acids is 1. The summed E-state index contributed by atoms with van der Waals surface area (Å²) in [6, 6.07) is 20.3. The molecule has 0 aliphatic heterocycles. The second-order valence-electron chi connectivity index (χ2n) is 7.72. The van der Waals surface area contributed by atoms with Crippen LogP contribution in [0.2, 0.25) is 0 Å². The maximum Gasteiger partial charge on any atom is 0.303 e. The van der Waals surface area contributed by atoms with Gasteiger partial charge in [-0.05, 0) is 42.1 Å². The summed E-state index contributed by atoms with van der Waals surface area (Å²) in [7, 11) is 3.22. The lowest BCUT2D eigenvalue weighted by atomic mass is 9.97. The Labute approximate surface area is 195 Å². The van der Waals surface area contributed by atoms with Crippen LogP contribution in [0.4, 0.5) is 0 Å². The summed E-state index contributed by atoms with van der Waals surface area (Å²) < 4.78 is 17.3. The van der Waals surface area contributed by atoms with Crippen molar-refractivity contribution in [1.29, 1.82) is 0 Å². The van der Waals surface area contributed by atoms with Crippen LogP contribution in [0.3, 0.4) is 0 Å². The SMILES string of the molecule is COc1cc(OCc2cccc(-c3ccccc3)c2C)cc(OC)c1CNCCCC(=O)O. The number of hydrogen-bond donors (Lipinski definition) is 2. The molecule has 3 rings (SSSR count). The Hall–Kier alpha value is -3.51.